The van der Waals surface area contributed by atoms with Gasteiger partial charge < -0.3 is 9.64 Å². The maximum Gasteiger partial charge on any atom is 0.420 e. The number of pyridine rings is 1. The van der Waals surface area contributed by atoms with E-state index in [9.17, 15) is 22.8 Å². The van der Waals surface area contributed by atoms with E-state index in [-0.39, 0.29) is 18.4 Å². The zero-order valence-electron chi connectivity index (χ0n) is 19.4. The van der Waals surface area contributed by atoms with Gasteiger partial charge in [0, 0.05) is 44.7 Å². The van der Waals surface area contributed by atoms with E-state index in [1.54, 1.807) is 17.9 Å². The summed E-state index contributed by atoms with van der Waals surface area (Å²) < 4.78 is 45.5. The lowest BCUT2D eigenvalue weighted by molar-refractivity contribution is -0.138. The fourth-order valence-corrected chi connectivity index (χ4v) is 4.88. The van der Waals surface area contributed by atoms with E-state index < -0.39 is 29.6 Å². The molecule has 2 aliphatic heterocycles. The van der Waals surface area contributed by atoms with Crippen LogP contribution in [0.25, 0.3) is 0 Å². The lowest BCUT2D eigenvalue weighted by Gasteiger charge is -2.40. The number of amides is 2. The molecule has 0 radical (unpaired) electrons. The lowest BCUT2D eigenvalue weighted by atomic mass is 9.97. The normalized spacial score (nSPS) is 22.8. The van der Waals surface area contributed by atoms with Crippen LogP contribution in [0.15, 0.2) is 36.7 Å². The van der Waals surface area contributed by atoms with Crippen LogP contribution in [0.2, 0.25) is 0 Å². The first-order chi connectivity index (χ1) is 16.6. The summed E-state index contributed by atoms with van der Waals surface area (Å²) in [7, 11) is 0. The van der Waals surface area contributed by atoms with E-state index in [1.807, 2.05) is 12.1 Å². The molecule has 186 valence electrons. The van der Waals surface area contributed by atoms with Gasteiger partial charge in [-0.3, -0.25) is 20.1 Å². The van der Waals surface area contributed by atoms with Gasteiger partial charge in [-0.25, -0.2) is 9.80 Å². The van der Waals surface area contributed by atoms with Crippen molar-refractivity contribution < 1.29 is 27.5 Å². The molecule has 2 fully saturated rings. The molecule has 1 N–H and O–H groups in total. The van der Waals surface area contributed by atoms with E-state index in [4.69, 9.17) is 4.74 Å². The van der Waals surface area contributed by atoms with E-state index in [0.29, 0.717) is 17.4 Å². The zero-order chi connectivity index (χ0) is 24.9. The van der Waals surface area contributed by atoms with Crippen molar-refractivity contribution in [2.45, 2.75) is 50.9 Å². The number of carbonyl (C=O) groups excluding carboxylic acids is 2. The summed E-state index contributed by atoms with van der Waals surface area (Å²) in [4.78, 5) is 32.2. The van der Waals surface area contributed by atoms with E-state index in [0.717, 1.165) is 37.1 Å². The number of rotatable bonds is 3. The van der Waals surface area contributed by atoms with Crippen molar-refractivity contribution in [3.05, 3.63) is 47.8 Å². The monoisotopic (exact) mass is 489 g/mol. The molecule has 3 aliphatic rings. The van der Waals surface area contributed by atoms with Gasteiger partial charge in [-0.1, -0.05) is 6.07 Å². The first-order valence-corrected chi connectivity index (χ1v) is 11.6. The van der Waals surface area contributed by atoms with Gasteiger partial charge >= 0.3 is 12.3 Å². The molecule has 0 spiro atoms. The minimum absolute atomic E-state index is 0.0770. The average Bonchev–Trinajstić information content (AvgIpc) is 3.54. The number of anilines is 2. The number of hydrazine groups is 1. The molecule has 1 aromatic carbocycles. The van der Waals surface area contributed by atoms with Crippen molar-refractivity contribution in [2.75, 3.05) is 29.4 Å². The van der Waals surface area contributed by atoms with Gasteiger partial charge in [-0.05, 0) is 43.5 Å². The van der Waals surface area contributed by atoms with Gasteiger partial charge in [0.2, 0.25) is 5.91 Å². The Labute approximate surface area is 200 Å². The molecule has 1 aliphatic carbocycles. The van der Waals surface area contributed by atoms with Crippen LogP contribution in [-0.4, -0.2) is 53.7 Å². The summed E-state index contributed by atoms with van der Waals surface area (Å²) in [5.74, 6) is -0.669. The molecular formula is C24H26F3N5O3. The highest BCUT2D eigenvalue weighted by Crippen LogP contribution is 2.41. The first-order valence-electron chi connectivity index (χ1n) is 11.6. The van der Waals surface area contributed by atoms with Gasteiger partial charge in [0.25, 0.3) is 0 Å². The van der Waals surface area contributed by atoms with Crippen LogP contribution in [0.5, 0.6) is 5.75 Å². The average molecular weight is 489 g/mol. The Balaban J connectivity index is 1.47. The van der Waals surface area contributed by atoms with E-state index in [2.05, 4.69) is 15.4 Å². The van der Waals surface area contributed by atoms with Crippen molar-refractivity contribution in [3.8, 4) is 5.75 Å². The smallest absolute Gasteiger partial charge is 0.408 e. The molecule has 1 aromatic heterocycles. The zero-order valence-corrected chi connectivity index (χ0v) is 19.4. The highest BCUT2D eigenvalue weighted by molar-refractivity contribution is 6.02. The number of halogens is 3. The standard InChI is InChI=1S/C24H26F3N5O3/c1-14-12-30(23(34)35-22-11-28-8-7-19(22)24(25,26)27)21-9-16(3-6-20(21)32(14)15(2)33)17-10-29-31(13-17)18-4-5-18/h3,6-9,11,14,17-18,29H,4-5,10,12-13H2,1-2H3/t14-,17?/m0/s1. The predicted octanol–water partition coefficient (Wildman–Crippen LogP) is 3.93. The number of nitrogens with zero attached hydrogens (tertiary/aromatic N) is 4. The number of benzene rings is 1. The number of carbonyl (C=O) groups is 2. The second kappa shape index (κ2) is 8.80. The van der Waals surface area contributed by atoms with Gasteiger partial charge in [-0.15, -0.1) is 0 Å². The van der Waals surface area contributed by atoms with E-state index >= 15 is 0 Å². The van der Waals surface area contributed by atoms with Crippen molar-refractivity contribution in [1.29, 1.82) is 0 Å². The van der Waals surface area contributed by atoms with Gasteiger partial charge in [0.15, 0.2) is 5.75 Å². The Morgan fingerprint density at radius 1 is 1.14 bits per heavy atom. The minimum atomic E-state index is -4.70. The van der Waals surface area contributed by atoms with Crippen molar-refractivity contribution in [2.24, 2.45) is 0 Å². The van der Waals surface area contributed by atoms with Gasteiger partial charge in [-0.2, -0.15) is 13.2 Å². The Kier molecular flexibility index (Phi) is 5.92. The largest absolute Gasteiger partial charge is 0.420 e. The maximum absolute atomic E-state index is 13.4. The van der Waals surface area contributed by atoms with Crippen LogP contribution in [0, 0.1) is 0 Å². The summed E-state index contributed by atoms with van der Waals surface area (Å²) in [6.45, 7) is 4.87. The number of fused-ring (bicyclic) bond motifs is 1. The second-order valence-corrected chi connectivity index (χ2v) is 9.28. The molecular weight excluding hydrogens is 463 g/mol. The summed E-state index contributed by atoms with van der Waals surface area (Å²) in [6.07, 6.45) is -1.44. The summed E-state index contributed by atoms with van der Waals surface area (Å²) >= 11 is 0. The van der Waals surface area contributed by atoms with Crippen molar-refractivity contribution >= 4 is 23.4 Å². The minimum Gasteiger partial charge on any atom is -0.408 e. The molecule has 5 rings (SSSR count). The molecule has 2 amide bonds. The molecule has 1 saturated carbocycles. The molecule has 1 saturated heterocycles. The maximum atomic E-state index is 13.4. The fourth-order valence-electron chi connectivity index (χ4n) is 4.88. The number of aromatic nitrogens is 1. The Morgan fingerprint density at radius 3 is 2.60 bits per heavy atom. The number of nitrogens with one attached hydrogen (secondary N) is 1. The van der Waals surface area contributed by atoms with Crippen molar-refractivity contribution in [1.82, 2.24) is 15.4 Å². The topological polar surface area (TPSA) is 78.0 Å². The number of ether oxygens (including phenoxy) is 1. The predicted molar refractivity (Wildman–Crippen MR) is 122 cm³/mol. The van der Waals surface area contributed by atoms with Crippen LogP contribution < -0.4 is 20.0 Å². The molecule has 0 bridgehead atoms. The summed E-state index contributed by atoms with van der Waals surface area (Å²) in [5.41, 5.74) is 4.27. The van der Waals surface area contributed by atoms with Crippen molar-refractivity contribution in [3.63, 3.8) is 0 Å². The molecule has 2 aromatic rings. The number of hydrogen-bond acceptors (Lipinski definition) is 6. The third kappa shape index (κ3) is 4.57. The van der Waals surface area contributed by atoms with Crippen LogP contribution in [0.3, 0.4) is 0 Å². The fraction of sp³-hybridized carbons (Fsp3) is 0.458. The highest BCUT2D eigenvalue weighted by atomic mass is 19.4. The third-order valence-electron chi connectivity index (χ3n) is 6.70. The Hall–Kier alpha value is -3.18. The first kappa shape index (κ1) is 23.6. The lowest BCUT2D eigenvalue weighted by Crippen LogP contribution is -2.52. The number of hydrogen-bond donors (Lipinski definition) is 1. The molecule has 8 nitrogen and oxygen atoms in total. The summed E-state index contributed by atoms with van der Waals surface area (Å²) in [5, 5.41) is 2.24. The van der Waals surface area contributed by atoms with Gasteiger partial charge in [0.05, 0.1) is 23.6 Å². The molecule has 35 heavy (non-hydrogen) atoms. The quantitative estimate of drug-likeness (QED) is 0.704. The van der Waals surface area contributed by atoms with Crippen LogP contribution in [0.1, 0.15) is 43.7 Å². The van der Waals surface area contributed by atoms with Crippen LogP contribution in [0.4, 0.5) is 29.3 Å². The number of alkyl halides is 3. The molecule has 1 unspecified atom stereocenters. The van der Waals surface area contributed by atoms with E-state index in [1.165, 1.54) is 24.7 Å². The Bertz CT molecular complexity index is 1150. The third-order valence-corrected chi connectivity index (χ3v) is 6.70. The highest BCUT2D eigenvalue weighted by Gasteiger charge is 2.39. The van der Waals surface area contributed by atoms with Crippen LogP contribution >= 0.6 is 0 Å². The summed E-state index contributed by atoms with van der Waals surface area (Å²) in [6, 6.07) is 6.52. The molecule has 11 heteroatoms. The molecule has 2 atom stereocenters. The van der Waals surface area contributed by atoms with Crippen LogP contribution in [-0.2, 0) is 11.0 Å². The second-order valence-electron chi connectivity index (χ2n) is 9.28. The Morgan fingerprint density at radius 2 is 1.91 bits per heavy atom. The molecule has 3 heterocycles. The van der Waals surface area contributed by atoms with Gasteiger partial charge in [0.1, 0.15) is 5.56 Å². The SMILES string of the molecule is CC(=O)N1c2ccc(C3CNN(C4CC4)C3)cc2N(C(=O)Oc2cnccc2C(F)(F)F)C[C@@H]1C.